The van der Waals surface area contributed by atoms with Gasteiger partial charge in [0.25, 0.3) is 0 Å². The van der Waals surface area contributed by atoms with Crippen molar-refractivity contribution >= 4 is 40.7 Å². The van der Waals surface area contributed by atoms with E-state index in [1.54, 1.807) is 25.4 Å². The Labute approximate surface area is 203 Å². The molecule has 6 nitrogen and oxygen atoms in total. The van der Waals surface area contributed by atoms with Crippen molar-refractivity contribution in [1.82, 2.24) is 15.6 Å². The molecule has 1 saturated carbocycles. The fourth-order valence-corrected chi connectivity index (χ4v) is 4.96. The van der Waals surface area contributed by atoms with Gasteiger partial charge < -0.3 is 15.4 Å². The summed E-state index contributed by atoms with van der Waals surface area (Å²) in [6, 6.07) is 9.97. The Morgan fingerprint density at radius 1 is 1.32 bits per heavy atom. The third-order valence-electron chi connectivity index (χ3n) is 5.15. The predicted octanol–water partition coefficient (Wildman–Crippen LogP) is 4.38. The molecule has 0 aliphatic heterocycles. The van der Waals surface area contributed by atoms with Crippen molar-refractivity contribution < 1.29 is 13.3 Å². The van der Waals surface area contributed by atoms with Gasteiger partial charge in [-0.2, -0.15) is 0 Å². The highest BCUT2D eigenvalue weighted by molar-refractivity contribution is 14.0. The normalized spacial score (nSPS) is 19.8. The summed E-state index contributed by atoms with van der Waals surface area (Å²) in [7, 11) is 0.969. The van der Waals surface area contributed by atoms with Crippen LogP contribution in [0.1, 0.15) is 38.2 Å². The number of nitrogens with one attached hydrogen (secondary N) is 2. The molecule has 0 spiro atoms. The highest BCUT2D eigenvalue weighted by atomic mass is 127. The van der Waals surface area contributed by atoms with Crippen molar-refractivity contribution in [2.75, 3.05) is 12.8 Å². The minimum Gasteiger partial charge on any atom is -0.439 e. The molecule has 1 heterocycles. The molecule has 1 aliphatic carbocycles. The summed E-state index contributed by atoms with van der Waals surface area (Å²) in [4.78, 5) is 8.60. The zero-order valence-electron chi connectivity index (χ0n) is 17.8. The zero-order valence-corrected chi connectivity index (χ0v) is 21.0. The van der Waals surface area contributed by atoms with Crippen LogP contribution in [0.2, 0.25) is 0 Å². The number of aromatic nitrogens is 1. The maximum Gasteiger partial charge on any atom is 0.224 e. The Morgan fingerprint density at radius 3 is 2.90 bits per heavy atom. The first-order valence-electron chi connectivity index (χ1n) is 10.3. The average molecular weight is 560 g/mol. The van der Waals surface area contributed by atoms with Crippen LogP contribution >= 0.6 is 24.0 Å². The molecule has 1 aromatic carbocycles. The number of aliphatic imine (C=N–C) groups is 1. The number of hydrogen-bond donors (Lipinski definition) is 2. The van der Waals surface area contributed by atoms with Gasteiger partial charge in [-0.25, -0.2) is 9.37 Å². The van der Waals surface area contributed by atoms with Crippen LogP contribution in [0.15, 0.2) is 47.6 Å². The maximum atomic E-state index is 13.4. The van der Waals surface area contributed by atoms with E-state index in [4.69, 9.17) is 4.74 Å². The summed E-state index contributed by atoms with van der Waals surface area (Å²) < 4.78 is 31.4. The first-order valence-corrected chi connectivity index (χ1v) is 11.7. The molecule has 0 bridgehead atoms. The van der Waals surface area contributed by atoms with Crippen molar-refractivity contribution in [2.24, 2.45) is 4.99 Å². The standard InChI is InChI=1S/C22H29FN4O2S.HI/c1-3-30(28)20-11-5-9-18(14-20)27-22(24-2)26-15-16-7-6-12-25-21(16)29-19-10-4-8-17(23)13-19;/h4,6-8,10,12-13,18,20H,3,5,9,11,14-15H2,1-2H3,(H2,24,26,27);1H. The fraction of sp³-hybridized carbons (Fsp3) is 0.455. The number of benzene rings is 1. The molecule has 1 fully saturated rings. The molecule has 9 heteroatoms. The maximum absolute atomic E-state index is 13.4. The first-order chi connectivity index (χ1) is 14.6. The molecule has 0 amide bonds. The molecule has 2 N–H and O–H groups in total. The Hall–Kier alpha value is -1.75. The van der Waals surface area contributed by atoms with Gasteiger partial charge >= 0.3 is 0 Å². The number of hydrogen-bond acceptors (Lipinski definition) is 4. The SMILES string of the molecule is CCS(=O)C1CCCC(NC(=NC)NCc2cccnc2Oc2cccc(F)c2)C1.I. The molecular formula is C22H30FIN4O2S. The molecule has 2 aromatic rings. The van der Waals surface area contributed by atoms with E-state index in [2.05, 4.69) is 20.6 Å². The first kappa shape index (κ1) is 25.5. The zero-order chi connectivity index (χ0) is 21.3. The predicted molar refractivity (Wildman–Crippen MR) is 134 cm³/mol. The largest absolute Gasteiger partial charge is 0.439 e. The third kappa shape index (κ3) is 7.71. The third-order valence-corrected chi connectivity index (χ3v) is 6.89. The second-order valence-corrected chi connectivity index (χ2v) is 9.26. The van der Waals surface area contributed by atoms with Crippen molar-refractivity contribution in [3.05, 3.63) is 54.0 Å². The van der Waals surface area contributed by atoms with Gasteiger partial charge in [0.1, 0.15) is 11.6 Å². The van der Waals surface area contributed by atoms with E-state index in [0.29, 0.717) is 29.9 Å². The van der Waals surface area contributed by atoms with Crippen LogP contribution in [0.4, 0.5) is 4.39 Å². The minimum absolute atomic E-state index is 0. The second kappa shape index (κ2) is 12.9. The molecular weight excluding hydrogens is 530 g/mol. The quantitative estimate of drug-likeness (QED) is 0.299. The van der Waals surface area contributed by atoms with Crippen LogP contribution in [0.5, 0.6) is 11.6 Å². The van der Waals surface area contributed by atoms with E-state index in [-0.39, 0.29) is 41.1 Å². The fourth-order valence-electron chi connectivity index (χ4n) is 3.61. The van der Waals surface area contributed by atoms with Gasteiger partial charge in [-0.1, -0.05) is 25.5 Å². The van der Waals surface area contributed by atoms with Crippen molar-refractivity contribution in [2.45, 2.75) is 50.4 Å². The number of halogens is 2. The van der Waals surface area contributed by atoms with E-state index < -0.39 is 10.8 Å². The lowest BCUT2D eigenvalue weighted by Crippen LogP contribution is -2.46. The Morgan fingerprint density at radius 2 is 2.16 bits per heavy atom. The minimum atomic E-state index is -0.760. The van der Waals surface area contributed by atoms with E-state index >= 15 is 0 Å². The van der Waals surface area contributed by atoms with Gasteiger partial charge in [-0.3, -0.25) is 9.20 Å². The monoisotopic (exact) mass is 560 g/mol. The molecule has 31 heavy (non-hydrogen) atoms. The van der Waals surface area contributed by atoms with Crippen LogP contribution in [0, 0.1) is 5.82 Å². The van der Waals surface area contributed by atoms with Crippen LogP contribution in [-0.2, 0) is 17.3 Å². The smallest absolute Gasteiger partial charge is 0.224 e. The summed E-state index contributed by atoms with van der Waals surface area (Å²) in [5, 5.41) is 7.01. The van der Waals surface area contributed by atoms with Gasteiger partial charge in [0, 0.05) is 59.3 Å². The summed E-state index contributed by atoms with van der Waals surface area (Å²) in [6.07, 6.45) is 5.67. The van der Waals surface area contributed by atoms with Crippen molar-refractivity contribution in [1.29, 1.82) is 0 Å². The Bertz CT molecular complexity index is 899. The van der Waals surface area contributed by atoms with E-state index in [9.17, 15) is 8.60 Å². The number of rotatable bonds is 7. The molecule has 3 atom stereocenters. The number of nitrogens with zero attached hydrogens (tertiary/aromatic N) is 2. The van der Waals surface area contributed by atoms with Gasteiger partial charge in [0.05, 0.1) is 0 Å². The highest BCUT2D eigenvalue weighted by Crippen LogP contribution is 2.24. The molecule has 1 aromatic heterocycles. The van der Waals surface area contributed by atoms with Crippen LogP contribution in [-0.4, -0.2) is 39.2 Å². The van der Waals surface area contributed by atoms with E-state index in [1.165, 1.54) is 12.1 Å². The van der Waals surface area contributed by atoms with E-state index in [1.807, 2.05) is 19.1 Å². The Kier molecular flexibility index (Phi) is 10.7. The van der Waals surface area contributed by atoms with Gasteiger partial charge in [0.15, 0.2) is 5.96 Å². The lowest BCUT2D eigenvalue weighted by atomic mass is 9.95. The highest BCUT2D eigenvalue weighted by Gasteiger charge is 2.26. The van der Waals surface area contributed by atoms with Gasteiger partial charge in [-0.15, -0.1) is 24.0 Å². The van der Waals surface area contributed by atoms with Gasteiger partial charge in [0.2, 0.25) is 5.88 Å². The van der Waals surface area contributed by atoms with Gasteiger partial charge in [-0.05, 0) is 37.5 Å². The summed E-state index contributed by atoms with van der Waals surface area (Å²) in [5.41, 5.74) is 0.832. The lowest BCUT2D eigenvalue weighted by Gasteiger charge is -2.30. The average Bonchev–Trinajstić information content (AvgIpc) is 2.77. The molecule has 3 rings (SSSR count). The Balaban J connectivity index is 0.00000341. The topological polar surface area (TPSA) is 75.6 Å². The number of pyridine rings is 1. The number of ether oxygens (including phenoxy) is 1. The van der Waals surface area contributed by atoms with Crippen LogP contribution < -0.4 is 15.4 Å². The summed E-state index contributed by atoms with van der Waals surface area (Å²) in [5.74, 6) is 1.85. The van der Waals surface area contributed by atoms with Crippen molar-refractivity contribution in [3.8, 4) is 11.6 Å². The summed E-state index contributed by atoms with van der Waals surface area (Å²) in [6.45, 7) is 2.43. The van der Waals surface area contributed by atoms with E-state index in [0.717, 1.165) is 31.2 Å². The number of guanidine groups is 1. The van der Waals surface area contributed by atoms with Crippen LogP contribution in [0.3, 0.4) is 0 Å². The molecule has 3 unspecified atom stereocenters. The van der Waals surface area contributed by atoms with Crippen molar-refractivity contribution in [3.63, 3.8) is 0 Å². The molecule has 0 radical (unpaired) electrons. The molecule has 1 aliphatic rings. The second-order valence-electron chi connectivity index (χ2n) is 7.25. The van der Waals surface area contributed by atoms with Crippen LogP contribution in [0.25, 0.3) is 0 Å². The molecule has 170 valence electrons. The molecule has 0 saturated heterocycles. The lowest BCUT2D eigenvalue weighted by molar-refractivity contribution is 0.413. The summed E-state index contributed by atoms with van der Waals surface area (Å²) >= 11 is 0.